The van der Waals surface area contributed by atoms with Gasteiger partial charge in [-0.3, -0.25) is 4.79 Å². The lowest BCUT2D eigenvalue weighted by Crippen LogP contribution is -2.39. The fraction of sp³-hybridized carbons (Fsp3) is 0.417. The van der Waals surface area contributed by atoms with Gasteiger partial charge in [0.1, 0.15) is 0 Å². The molecule has 1 rings (SSSR count). The van der Waals surface area contributed by atoms with Crippen LogP contribution >= 0.6 is 0 Å². The second kappa shape index (κ2) is 6.03. The lowest BCUT2D eigenvalue weighted by atomic mass is 10.2. The summed E-state index contributed by atoms with van der Waals surface area (Å²) in [6.45, 7) is 5.05. The van der Waals surface area contributed by atoms with E-state index in [0.29, 0.717) is 5.69 Å². The number of hydrogen-bond donors (Lipinski definition) is 3. The molecule has 106 valence electrons. The highest BCUT2D eigenvalue weighted by molar-refractivity contribution is 7.89. The number of aryl methyl sites for hydroxylation is 1. The molecule has 0 bridgehead atoms. The van der Waals surface area contributed by atoms with Gasteiger partial charge in [-0.15, -0.1) is 0 Å². The first-order valence-electron chi connectivity index (χ1n) is 5.87. The number of carbonyl (C=O) groups excluding carboxylic acids is 1. The molecule has 19 heavy (non-hydrogen) atoms. The molecule has 0 aliphatic heterocycles. The van der Waals surface area contributed by atoms with Crippen molar-refractivity contribution in [3.8, 4) is 0 Å². The molecule has 0 saturated carbocycles. The smallest absolute Gasteiger partial charge is 0.241 e. The Morgan fingerprint density at radius 3 is 2.47 bits per heavy atom. The summed E-state index contributed by atoms with van der Waals surface area (Å²) >= 11 is 0. The zero-order valence-corrected chi connectivity index (χ0v) is 12.0. The van der Waals surface area contributed by atoms with E-state index in [1.165, 1.54) is 12.1 Å². The van der Waals surface area contributed by atoms with Crippen LogP contribution in [0.1, 0.15) is 19.4 Å². The van der Waals surface area contributed by atoms with Crippen LogP contribution < -0.4 is 15.8 Å². The van der Waals surface area contributed by atoms with E-state index in [0.717, 1.165) is 5.56 Å². The number of nitrogens with one attached hydrogen (secondary N) is 2. The van der Waals surface area contributed by atoms with Crippen LogP contribution in [0.3, 0.4) is 0 Å². The molecule has 0 aromatic heterocycles. The van der Waals surface area contributed by atoms with Gasteiger partial charge >= 0.3 is 0 Å². The first kappa shape index (κ1) is 15.5. The van der Waals surface area contributed by atoms with E-state index in [4.69, 9.17) is 5.73 Å². The molecule has 7 heteroatoms. The first-order valence-corrected chi connectivity index (χ1v) is 7.35. The minimum Gasteiger partial charge on any atom is -0.399 e. The number of sulfonamides is 1. The standard InChI is InChI=1S/C12H19N3O3S/c1-8(2)15-12(16)7-14-19(17,18)11-5-9(3)4-10(13)6-11/h4-6,8,14H,7,13H2,1-3H3,(H,15,16). The van der Waals surface area contributed by atoms with Crippen LogP contribution in [0.25, 0.3) is 0 Å². The minimum atomic E-state index is -3.73. The zero-order valence-electron chi connectivity index (χ0n) is 11.2. The number of benzene rings is 1. The van der Waals surface area contributed by atoms with Crippen molar-refractivity contribution in [2.75, 3.05) is 12.3 Å². The predicted octanol–water partition coefficient (Wildman–Crippen LogP) is 0.380. The molecular weight excluding hydrogens is 266 g/mol. The second-order valence-electron chi connectivity index (χ2n) is 4.63. The number of hydrogen-bond acceptors (Lipinski definition) is 4. The zero-order chi connectivity index (χ0) is 14.6. The van der Waals surface area contributed by atoms with Gasteiger partial charge in [0.2, 0.25) is 15.9 Å². The third-order valence-electron chi connectivity index (χ3n) is 2.26. The van der Waals surface area contributed by atoms with Crippen molar-refractivity contribution >= 4 is 21.6 Å². The Morgan fingerprint density at radius 1 is 1.32 bits per heavy atom. The van der Waals surface area contributed by atoms with Gasteiger partial charge in [0.05, 0.1) is 11.4 Å². The van der Waals surface area contributed by atoms with Crippen LogP contribution in [0.15, 0.2) is 23.1 Å². The molecular formula is C12H19N3O3S. The van der Waals surface area contributed by atoms with E-state index in [-0.39, 0.29) is 23.4 Å². The van der Waals surface area contributed by atoms with E-state index in [1.54, 1.807) is 26.8 Å². The van der Waals surface area contributed by atoms with E-state index in [1.807, 2.05) is 0 Å². The van der Waals surface area contributed by atoms with Gasteiger partial charge < -0.3 is 11.1 Å². The van der Waals surface area contributed by atoms with E-state index in [9.17, 15) is 13.2 Å². The second-order valence-corrected chi connectivity index (χ2v) is 6.39. The Bertz CT molecular complexity index is 547. The summed E-state index contributed by atoms with van der Waals surface area (Å²) in [5.74, 6) is -0.376. The van der Waals surface area contributed by atoms with Crippen LogP contribution in [-0.2, 0) is 14.8 Å². The Morgan fingerprint density at radius 2 is 1.95 bits per heavy atom. The molecule has 1 aromatic rings. The highest BCUT2D eigenvalue weighted by Crippen LogP contribution is 2.15. The lowest BCUT2D eigenvalue weighted by molar-refractivity contribution is -0.120. The SMILES string of the molecule is Cc1cc(N)cc(S(=O)(=O)NCC(=O)NC(C)C)c1. The van der Waals surface area contributed by atoms with Crippen LogP contribution in [0.5, 0.6) is 0 Å². The molecule has 0 radical (unpaired) electrons. The number of carbonyl (C=O) groups is 1. The number of amides is 1. The average molecular weight is 285 g/mol. The average Bonchev–Trinajstić information content (AvgIpc) is 2.24. The molecule has 1 aromatic carbocycles. The fourth-order valence-electron chi connectivity index (χ4n) is 1.55. The first-order chi connectivity index (χ1) is 8.70. The van der Waals surface area contributed by atoms with Crippen LogP contribution in [0, 0.1) is 6.92 Å². The van der Waals surface area contributed by atoms with Crippen molar-refractivity contribution in [3.05, 3.63) is 23.8 Å². The monoisotopic (exact) mass is 285 g/mol. The summed E-state index contributed by atoms with van der Waals surface area (Å²) in [6.07, 6.45) is 0. The molecule has 0 unspecified atom stereocenters. The maximum absolute atomic E-state index is 12.0. The Hall–Kier alpha value is -1.60. The minimum absolute atomic E-state index is 0.0355. The van der Waals surface area contributed by atoms with Gasteiger partial charge in [-0.05, 0) is 44.5 Å². The number of rotatable bonds is 5. The van der Waals surface area contributed by atoms with Gasteiger partial charge in [0.25, 0.3) is 0 Å². The Balaban J connectivity index is 2.79. The third kappa shape index (κ3) is 4.88. The topological polar surface area (TPSA) is 101 Å². The molecule has 0 aliphatic rings. The quantitative estimate of drug-likeness (QED) is 0.681. The van der Waals surface area contributed by atoms with Crippen LogP contribution in [0.2, 0.25) is 0 Å². The van der Waals surface area contributed by atoms with E-state index >= 15 is 0 Å². The molecule has 1 amide bonds. The largest absolute Gasteiger partial charge is 0.399 e. The number of nitrogen functional groups attached to an aromatic ring is 1. The van der Waals surface area contributed by atoms with Crippen molar-refractivity contribution in [1.29, 1.82) is 0 Å². The maximum Gasteiger partial charge on any atom is 0.241 e. The number of nitrogens with two attached hydrogens (primary N) is 1. The van der Waals surface area contributed by atoms with Gasteiger partial charge in [0, 0.05) is 11.7 Å². The van der Waals surface area contributed by atoms with Gasteiger partial charge in [0.15, 0.2) is 0 Å². The molecule has 6 nitrogen and oxygen atoms in total. The molecule has 0 spiro atoms. The highest BCUT2D eigenvalue weighted by Gasteiger charge is 2.16. The van der Waals surface area contributed by atoms with Crippen LogP contribution in [0.4, 0.5) is 5.69 Å². The van der Waals surface area contributed by atoms with Crippen LogP contribution in [-0.4, -0.2) is 26.9 Å². The van der Waals surface area contributed by atoms with Gasteiger partial charge in [-0.2, -0.15) is 0 Å². The molecule has 0 aliphatic carbocycles. The maximum atomic E-state index is 12.0. The summed E-state index contributed by atoms with van der Waals surface area (Å²) in [6, 6.07) is 4.49. The van der Waals surface area contributed by atoms with E-state index < -0.39 is 10.0 Å². The van der Waals surface area contributed by atoms with Crippen molar-refractivity contribution < 1.29 is 13.2 Å². The fourth-order valence-corrected chi connectivity index (χ4v) is 2.67. The van der Waals surface area contributed by atoms with Gasteiger partial charge in [-0.1, -0.05) is 0 Å². The van der Waals surface area contributed by atoms with Crippen molar-refractivity contribution in [2.45, 2.75) is 31.7 Å². The van der Waals surface area contributed by atoms with E-state index in [2.05, 4.69) is 10.0 Å². The Kier molecular flexibility index (Phi) is 4.90. The molecule has 4 N–H and O–H groups in total. The van der Waals surface area contributed by atoms with Gasteiger partial charge in [-0.25, -0.2) is 13.1 Å². The van der Waals surface area contributed by atoms with Crippen molar-refractivity contribution in [3.63, 3.8) is 0 Å². The predicted molar refractivity (Wildman–Crippen MR) is 74.1 cm³/mol. The summed E-state index contributed by atoms with van der Waals surface area (Å²) < 4.78 is 26.2. The summed E-state index contributed by atoms with van der Waals surface area (Å²) in [5.41, 5.74) is 6.72. The highest BCUT2D eigenvalue weighted by atomic mass is 32.2. The van der Waals surface area contributed by atoms with Crippen molar-refractivity contribution in [1.82, 2.24) is 10.0 Å². The third-order valence-corrected chi connectivity index (χ3v) is 3.64. The summed E-state index contributed by atoms with van der Waals surface area (Å²) in [7, 11) is -3.73. The summed E-state index contributed by atoms with van der Waals surface area (Å²) in [5, 5.41) is 2.60. The lowest BCUT2D eigenvalue weighted by Gasteiger charge is -2.10. The normalized spacial score (nSPS) is 11.6. The van der Waals surface area contributed by atoms with Crippen molar-refractivity contribution in [2.24, 2.45) is 0 Å². The molecule has 0 atom stereocenters. The molecule has 0 heterocycles. The summed E-state index contributed by atoms with van der Waals surface area (Å²) in [4.78, 5) is 11.5. The number of anilines is 1. The Labute approximate surface area is 113 Å². The molecule has 0 fully saturated rings. The molecule has 0 saturated heterocycles.